The predicted octanol–water partition coefficient (Wildman–Crippen LogP) is 2.14. The molecule has 6 nitrogen and oxygen atoms in total. The van der Waals surface area contributed by atoms with E-state index >= 15 is 0 Å². The standard InChI is InChI=1S/C13H16BrN3O3.ClH/c14-12-9-11(17(19)20)3-2-10(12)8-13(18)16-6-1-4-15-5-7-16;/h2-3,9,15H,1,4-8H2;1H. The highest BCUT2D eigenvalue weighted by atomic mass is 79.9. The van der Waals surface area contributed by atoms with Crippen LogP contribution in [-0.4, -0.2) is 41.9 Å². The Kier molecular flexibility index (Phi) is 7.07. The second-order valence-electron chi connectivity index (χ2n) is 4.69. The molecule has 1 amide bonds. The SMILES string of the molecule is Cl.O=C(Cc1ccc([N+](=O)[O-])cc1Br)N1CCCNCC1. The number of nitrogens with zero attached hydrogens (tertiary/aromatic N) is 2. The van der Waals surface area contributed by atoms with Crippen molar-refractivity contribution in [1.29, 1.82) is 0 Å². The summed E-state index contributed by atoms with van der Waals surface area (Å²) in [6.45, 7) is 3.22. The van der Waals surface area contributed by atoms with Crippen LogP contribution in [0.3, 0.4) is 0 Å². The number of carbonyl (C=O) groups is 1. The number of nitro groups is 1. The molecule has 0 radical (unpaired) electrons. The summed E-state index contributed by atoms with van der Waals surface area (Å²) in [5, 5.41) is 13.9. The first-order chi connectivity index (χ1) is 9.58. The third-order valence-electron chi connectivity index (χ3n) is 3.28. The zero-order valence-corrected chi connectivity index (χ0v) is 13.8. The number of benzene rings is 1. The van der Waals surface area contributed by atoms with Crippen molar-refractivity contribution in [3.8, 4) is 0 Å². The van der Waals surface area contributed by atoms with Crippen molar-refractivity contribution in [3.63, 3.8) is 0 Å². The molecule has 1 fully saturated rings. The van der Waals surface area contributed by atoms with Gasteiger partial charge in [0.05, 0.1) is 11.3 Å². The molecule has 0 saturated carbocycles. The molecular weight excluding hydrogens is 362 g/mol. The van der Waals surface area contributed by atoms with Crippen molar-refractivity contribution < 1.29 is 9.72 Å². The molecule has 1 aliphatic rings. The molecule has 1 heterocycles. The van der Waals surface area contributed by atoms with Crippen LogP contribution in [0, 0.1) is 10.1 Å². The summed E-state index contributed by atoms with van der Waals surface area (Å²) in [4.78, 5) is 24.3. The van der Waals surface area contributed by atoms with Crippen LogP contribution >= 0.6 is 28.3 Å². The molecule has 1 aromatic rings. The molecule has 1 aromatic carbocycles. The Balaban J connectivity index is 0.00000220. The number of rotatable bonds is 3. The molecule has 1 saturated heterocycles. The highest BCUT2D eigenvalue weighted by molar-refractivity contribution is 9.10. The van der Waals surface area contributed by atoms with Gasteiger partial charge in [-0.25, -0.2) is 0 Å². The Morgan fingerprint density at radius 2 is 2.14 bits per heavy atom. The van der Waals surface area contributed by atoms with Gasteiger partial charge in [0.2, 0.25) is 5.91 Å². The van der Waals surface area contributed by atoms with Gasteiger partial charge in [-0.15, -0.1) is 12.4 Å². The molecule has 2 rings (SSSR count). The van der Waals surface area contributed by atoms with Gasteiger partial charge in [-0.3, -0.25) is 14.9 Å². The Bertz CT molecular complexity index is 519. The Morgan fingerprint density at radius 1 is 1.38 bits per heavy atom. The Morgan fingerprint density at radius 3 is 2.81 bits per heavy atom. The molecule has 116 valence electrons. The zero-order valence-electron chi connectivity index (χ0n) is 11.4. The maximum atomic E-state index is 12.2. The van der Waals surface area contributed by atoms with E-state index in [0.717, 1.165) is 31.6 Å². The first-order valence-corrected chi connectivity index (χ1v) is 7.28. The smallest absolute Gasteiger partial charge is 0.270 e. The minimum Gasteiger partial charge on any atom is -0.341 e. The second-order valence-corrected chi connectivity index (χ2v) is 5.55. The molecule has 0 unspecified atom stereocenters. The quantitative estimate of drug-likeness (QED) is 0.646. The molecular formula is C13H17BrClN3O3. The van der Waals surface area contributed by atoms with E-state index in [2.05, 4.69) is 21.2 Å². The first-order valence-electron chi connectivity index (χ1n) is 6.49. The minimum absolute atomic E-state index is 0. The third-order valence-corrected chi connectivity index (χ3v) is 4.02. The number of non-ortho nitro benzene ring substituents is 1. The van der Waals surface area contributed by atoms with Crippen molar-refractivity contribution in [2.24, 2.45) is 0 Å². The lowest BCUT2D eigenvalue weighted by Crippen LogP contribution is -2.35. The van der Waals surface area contributed by atoms with Crippen molar-refractivity contribution in [1.82, 2.24) is 10.2 Å². The van der Waals surface area contributed by atoms with Gasteiger partial charge in [0, 0.05) is 36.2 Å². The third kappa shape index (κ3) is 4.94. The number of nitro benzene ring substituents is 1. The molecule has 0 aliphatic carbocycles. The van der Waals surface area contributed by atoms with Crippen LogP contribution < -0.4 is 5.32 Å². The van der Waals surface area contributed by atoms with Crippen LogP contribution in [0.4, 0.5) is 5.69 Å². The number of amides is 1. The fourth-order valence-corrected chi connectivity index (χ4v) is 2.67. The topological polar surface area (TPSA) is 75.5 Å². The van der Waals surface area contributed by atoms with E-state index in [1.807, 2.05) is 4.90 Å². The van der Waals surface area contributed by atoms with Crippen molar-refractivity contribution >= 4 is 39.9 Å². The number of hydrogen-bond acceptors (Lipinski definition) is 4. The van der Waals surface area contributed by atoms with Crippen LogP contribution in [0.1, 0.15) is 12.0 Å². The molecule has 1 N–H and O–H groups in total. The van der Waals surface area contributed by atoms with E-state index in [0.29, 0.717) is 11.0 Å². The first kappa shape index (κ1) is 17.9. The number of nitrogens with one attached hydrogen (secondary N) is 1. The van der Waals surface area contributed by atoms with E-state index in [1.165, 1.54) is 12.1 Å². The maximum absolute atomic E-state index is 12.2. The van der Waals surface area contributed by atoms with E-state index in [4.69, 9.17) is 0 Å². The van der Waals surface area contributed by atoms with Gasteiger partial charge in [0.1, 0.15) is 0 Å². The normalized spacial score (nSPS) is 15.0. The molecule has 0 atom stereocenters. The summed E-state index contributed by atoms with van der Waals surface area (Å²) in [6.07, 6.45) is 1.21. The highest BCUT2D eigenvalue weighted by Crippen LogP contribution is 2.23. The average molecular weight is 379 g/mol. The van der Waals surface area contributed by atoms with Gasteiger partial charge < -0.3 is 10.2 Å². The van der Waals surface area contributed by atoms with Crippen LogP contribution in [0.15, 0.2) is 22.7 Å². The van der Waals surface area contributed by atoms with Gasteiger partial charge in [0.15, 0.2) is 0 Å². The Labute approximate surface area is 137 Å². The van der Waals surface area contributed by atoms with Gasteiger partial charge in [-0.2, -0.15) is 0 Å². The van der Waals surface area contributed by atoms with Crippen molar-refractivity contribution in [2.45, 2.75) is 12.8 Å². The van der Waals surface area contributed by atoms with Crippen LogP contribution in [0.25, 0.3) is 0 Å². The number of hydrogen-bond donors (Lipinski definition) is 1. The van der Waals surface area contributed by atoms with E-state index in [1.54, 1.807) is 6.07 Å². The van der Waals surface area contributed by atoms with Crippen LogP contribution in [-0.2, 0) is 11.2 Å². The van der Waals surface area contributed by atoms with E-state index < -0.39 is 4.92 Å². The second kappa shape index (κ2) is 8.31. The summed E-state index contributed by atoms with van der Waals surface area (Å²) in [7, 11) is 0. The van der Waals surface area contributed by atoms with Crippen LogP contribution in [0.5, 0.6) is 0 Å². The lowest BCUT2D eigenvalue weighted by Gasteiger charge is -2.20. The fraction of sp³-hybridized carbons (Fsp3) is 0.462. The minimum atomic E-state index is -0.448. The highest BCUT2D eigenvalue weighted by Gasteiger charge is 2.17. The van der Waals surface area contributed by atoms with Crippen molar-refractivity contribution in [3.05, 3.63) is 38.3 Å². The molecule has 8 heteroatoms. The maximum Gasteiger partial charge on any atom is 0.270 e. The van der Waals surface area contributed by atoms with Crippen molar-refractivity contribution in [2.75, 3.05) is 26.2 Å². The lowest BCUT2D eigenvalue weighted by molar-refractivity contribution is -0.384. The fourth-order valence-electron chi connectivity index (χ4n) is 2.16. The summed E-state index contributed by atoms with van der Waals surface area (Å²) in [5.74, 6) is 0.0586. The summed E-state index contributed by atoms with van der Waals surface area (Å²) < 4.78 is 0.605. The van der Waals surface area contributed by atoms with Gasteiger partial charge in [-0.1, -0.05) is 22.0 Å². The van der Waals surface area contributed by atoms with E-state index in [9.17, 15) is 14.9 Å². The lowest BCUT2D eigenvalue weighted by atomic mass is 10.1. The van der Waals surface area contributed by atoms with E-state index in [-0.39, 0.29) is 30.4 Å². The largest absolute Gasteiger partial charge is 0.341 e. The molecule has 0 aromatic heterocycles. The monoisotopic (exact) mass is 377 g/mol. The van der Waals surface area contributed by atoms with Gasteiger partial charge >= 0.3 is 0 Å². The zero-order chi connectivity index (χ0) is 14.5. The van der Waals surface area contributed by atoms with Gasteiger partial charge in [0.25, 0.3) is 5.69 Å². The average Bonchev–Trinajstić information content (AvgIpc) is 2.69. The predicted molar refractivity (Wildman–Crippen MR) is 85.8 cm³/mol. The summed E-state index contributed by atoms with van der Waals surface area (Å²) >= 11 is 3.30. The molecule has 0 spiro atoms. The summed E-state index contributed by atoms with van der Waals surface area (Å²) in [5.41, 5.74) is 0.796. The van der Waals surface area contributed by atoms with Crippen LogP contribution in [0.2, 0.25) is 0 Å². The molecule has 0 bridgehead atoms. The number of carbonyl (C=O) groups excluding carboxylic acids is 1. The van der Waals surface area contributed by atoms with Gasteiger partial charge in [-0.05, 0) is 18.5 Å². The Hall–Kier alpha value is -1.18. The number of halogens is 2. The molecule has 1 aliphatic heterocycles. The summed E-state index contributed by atoms with van der Waals surface area (Å²) in [6, 6.07) is 4.50. The molecule has 21 heavy (non-hydrogen) atoms.